The lowest BCUT2D eigenvalue weighted by atomic mass is 9.67. The first-order chi connectivity index (χ1) is 8.60. The molecule has 2 fully saturated rings. The van der Waals surface area contributed by atoms with Gasteiger partial charge in [-0.15, -0.1) is 0 Å². The Kier molecular flexibility index (Phi) is 3.93. The normalized spacial score (nSPS) is 22.3. The zero-order valence-corrected chi connectivity index (χ0v) is 11.4. The predicted molar refractivity (Wildman–Crippen MR) is 67.9 cm³/mol. The number of rotatable bonds is 4. The third kappa shape index (κ3) is 2.25. The van der Waals surface area contributed by atoms with Crippen molar-refractivity contribution in [1.29, 1.82) is 0 Å². The molecule has 0 unspecified atom stereocenters. The van der Waals surface area contributed by atoms with E-state index in [2.05, 4.69) is 0 Å². The maximum absolute atomic E-state index is 12.5. The van der Waals surface area contributed by atoms with E-state index in [9.17, 15) is 9.59 Å². The maximum Gasteiger partial charge on any atom is 0.321 e. The van der Waals surface area contributed by atoms with E-state index in [-0.39, 0.29) is 11.9 Å². The Labute approximate surface area is 109 Å². The summed E-state index contributed by atoms with van der Waals surface area (Å²) in [6, 6.07) is 0. The molecule has 0 spiro atoms. The van der Waals surface area contributed by atoms with E-state index < -0.39 is 5.41 Å². The SMILES string of the molecule is COC(=O)C1(C(=O)N(C)CC2CCCC2)CCC1. The number of hydrogen-bond acceptors (Lipinski definition) is 3. The van der Waals surface area contributed by atoms with Crippen molar-refractivity contribution in [1.82, 2.24) is 4.90 Å². The minimum atomic E-state index is -0.859. The van der Waals surface area contributed by atoms with Crippen molar-refractivity contribution < 1.29 is 14.3 Å². The summed E-state index contributed by atoms with van der Waals surface area (Å²) >= 11 is 0. The van der Waals surface area contributed by atoms with Crippen LogP contribution in [0, 0.1) is 11.3 Å². The quantitative estimate of drug-likeness (QED) is 0.568. The number of ether oxygens (including phenoxy) is 1. The molecule has 0 aromatic carbocycles. The van der Waals surface area contributed by atoms with E-state index in [0.29, 0.717) is 18.8 Å². The van der Waals surface area contributed by atoms with E-state index in [4.69, 9.17) is 4.74 Å². The largest absolute Gasteiger partial charge is 0.468 e. The predicted octanol–water partition coefficient (Wildman–Crippen LogP) is 1.98. The Morgan fingerprint density at radius 2 is 1.83 bits per heavy atom. The topological polar surface area (TPSA) is 46.6 Å². The molecule has 0 atom stereocenters. The third-order valence-electron chi connectivity index (χ3n) is 4.55. The van der Waals surface area contributed by atoms with E-state index in [1.54, 1.807) is 4.90 Å². The molecule has 0 bridgehead atoms. The minimum absolute atomic E-state index is 0.0347. The molecule has 2 aliphatic rings. The van der Waals surface area contributed by atoms with Crippen molar-refractivity contribution in [3.05, 3.63) is 0 Å². The Hall–Kier alpha value is -1.06. The summed E-state index contributed by atoms with van der Waals surface area (Å²) in [6.07, 6.45) is 7.20. The van der Waals surface area contributed by atoms with Gasteiger partial charge in [0.25, 0.3) is 0 Å². The molecule has 0 heterocycles. The first-order valence-electron chi connectivity index (χ1n) is 6.94. The summed E-state index contributed by atoms with van der Waals surface area (Å²) in [6.45, 7) is 0.789. The molecule has 0 aromatic rings. The summed E-state index contributed by atoms with van der Waals surface area (Å²) < 4.78 is 4.81. The summed E-state index contributed by atoms with van der Waals surface area (Å²) in [5, 5.41) is 0. The molecule has 2 saturated carbocycles. The van der Waals surface area contributed by atoms with Crippen LogP contribution in [0.2, 0.25) is 0 Å². The number of carbonyl (C=O) groups is 2. The van der Waals surface area contributed by atoms with Crippen LogP contribution in [0.4, 0.5) is 0 Å². The van der Waals surface area contributed by atoms with Gasteiger partial charge in [-0.25, -0.2) is 0 Å². The first kappa shape index (κ1) is 13.4. The zero-order chi connectivity index (χ0) is 13.2. The molecule has 0 saturated heterocycles. The average Bonchev–Trinajstić information content (AvgIpc) is 2.79. The molecule has 0 aromatic heterocycles. The Morgan fingerprint density at radius 1 is 1.22 bits per heavy atom. The smallest absolute Gasteiger partial charge is 0.321 e. The summed E-state index contributed by atoms with van der Waals surface area (Å²) in [7, 11) is 3.19. The minimum Gasteiger partial charge on any atom is -0.468 e. The number of esters is 1. The van der Waals surface area contributed by atoms with E-state index in [1.165, 1.54) is 32.8 Å². The Bertz CT molecular complexity index is 330. The van der Waals surface area contributed by atoms with E-state index >= 15 is 0 Å². The monoisotopic (exact) mass is 253 g/mol. The van der Waals surface area contributed by atoms with Crippen molar-refractivity contribution in [2.75, 3.05) is 20.7 Å². The van der Waals surface area contributed by atoms with Crippen LogP contribution in [0.3, 0.4) is 0 Å². The van der Waals surface area contributed by atoms with Gasteiger partial charge in [-0.3, -0.25) is 9.59 Å². The van der Waals surface area contributed by atoms with Crippen LogP contribution in [-0.2, 0) is 14.3 Å². The van der Waals surface area contributed by atoms with Crippen LogP contribution >= 0.6 is 0 Å². The number of amides is 1. The standard InChI is InChI=1S/C14H23NO3/c1-15(10-11-6-3-4-7-11)12(16)14(8-5-9-14)13(17)18-2/h11H,3-10H2,1-2H3. The van der Waals surface area contributed by atoms with E-state index in [1.807, 2.05) is 7.05 Å². The van der Waals surface area contributed by atoms with Crippen molar-refractivity contribution in [2.45, 2.75) is 44.9 Å². The molecule has 102 valence electrons. The molecule has 1 amide bonds. The lowest BCUT2D eigenvalue weighted by molar-refractivity contribution is -0.169. The summed E-state index contributed by atoms with van der Waals surface area (Å²) in [5.41, 5.74) is -0.859. The lowest BCUT2D eigenvalue weighted by Crippen LogP contribution is -2.52. The van der Waals surface area contributed by atoms with Crippen LogP contribution < -0.4 is 0 Å². The molecular weight excluding hydrogens is 230 g/mol. The second-order valence-electron chi connectivity index (χ2n) is 5.76. The van der Waals surface area contributed by atoms with Gasteiger partial charge in [0, 0.05) is 13.6 Å². The summed E-state index contributed by atoms with van der Waals surface area (Å²) in [5.74, 6) is 0.234. The lowest BCUT2D eigenvalue weighted by Gasteiger charge is -2.40. The highest BCUT2D eigenvalue weighted by atomic mass is 16.5. The fourth-order valence-corrected chi connectivity index (χ4v) is 3.26. The molecule has 0 N–H and O–H groups in total. The van der Waals surface area contributed by atoms with Gasteiger partial charge in [-0.2, -0.15) is 0 Å². The van der Waals surface area contributed by atoms with Crippen molar-refractivity contribution in [2.24, 2.45) is 11.3 Å². The van der Waals surface area contributed by atoms with Gasteiger partial charge < -0.3 is 9.64 Å². The number of carbonyl (C=O) groups excluding carboxylic acids is 2. The fraction of sp³-hybridized carbons (Fsp3) is 0.857. The zero-order valence-electron chi connectivity index (χ0n) is 11.4. The van der Waals surface area contributed by atoms with Crippen LogP contribution in [0.15, 0.2) is 0 Å². The molecule has 0 aliphatic heterocycles. The van der Waals surface area contributed by atoms with Crippen molar-refractivity contribution >= 4 is 11.9 Å². The number of methoxy groups -OCH3 is 1. The second kappa shape index (κ2) is 5.29. The van der Waals surface area contributed by atoms with Gasteiger partial charge in [-0.1, -0.05) is 19.3 Å². The second-order valence-corrected chi connectivity index (χ2v) is 5.76. The van der Waals surface area contributed by atoms with Crippen LogP contribution in [0.25, 0.3) is 0 Å². The molecule has 2 aliphatic carbocycles. The fourth-order valence-electron chi connectivity index (χ4n) is 3.26. The molecular formula is C14H23NO3. The molecule has 18 heavy (non-hydrogen) atoms. The average molecular weight is 253 g/mol. The Balaban J connectivity index is 1.98. The maximum atomic E-state index is 12.5. The highest BCUT2D eigenvalue weighted by Crippen LogP contribution is 2.43. The van der Waals surface area contributed by atoms with Gasteiger partial charge >= 0.3 is 5.97 Å². The number of hydrogen-bond donors (Lipinski definition) is 0. The van der Waals surface area contributed by atoms with Crippen LogP contribution in [0.1, 0.15) is 44.9 Å². The molecule has 2 rings (SSSR count). The highest BCUT2D eigenvalue weighted by molar-refractivity contribution is 6.03. The Morgan fingerprint density at radius 3 is 2.28 bits per heavy atom. The molecule has 4 heteroatoms. The van der Waals surface area contributed by atoms with Crippen LogP contribution in [0.5, 0.6) is 0 Å². The first-order valence-corrected chi connectivity index (χ1v) is 6.94. The van der Waals surface area contributed by atoms with Crippen molar-refractivity contribution in [3.8, 4) is 0 Å². The van der Waals surface area contributed by atoms with Gasteiger partial charge in [-0.05, 0) is 31.6 Å². The van der Waals surface area contributed by atoms with Gasteiger partial charge in [0.2, 0.25) is 5.91 Å². The molecule has 0 radical (unpaired) electrons. The number of nitrogens with zero attached hydrogens (tertiary/aromatic N) is 1. The molecule has 4 nitrogen and oxygen atoms in total. The van der Waals surface area contributed by atoms with Gasteiger partial charge in [0.1, 0.15) is 5.41 Å². The van der Waals surface area contributed by atoms with Crippen molar-refractivity contribution in [3.63, 3.8) is 0 Å². The third-order valence-corrected chi connectivity index (χ3v) is 4.55. The highest BCUT2D eigenvalue weighted by Gasteiger charge is 2.53. The van der Waals surface area contributed by atoms with Crippen LogP contribution in [-0.4, -0.2) is 37.5 Å². The van der Waals surface area contributed by atoms with E-state index in [0.717, 1.165) is 13.0 Å². The van der Waals surface area contributed by atoms with Gasteiger partial charge in [0.15, 0.2) is 0 Å². The van der Waals surface area contributed by atoms with Gasteiger partial charge in [0.05, 0.1) is 7.11 Å². The summed E-state index contributed by atoms with van der Waals surface area (Å²) in [4.78, 5) is 26.0.